The Morgan fingerprint density at radius 1 is 1.21 bits per heavy atom. The van der Waals surface area contributed by atoms with E-state index in [2.05, 4.69) is 4.99 Å². The van der Waals surface area contributed by atoms with E-state index in [1.54, 1.807) is 39.2 Å². The fourth-order valence-corrected chi connectivity index (χ4v) is 4.87. The number of allylic oxidation sites excluding steroid dienone is 1. The zero-order valence-electron chi connectivity index (χ0n) is 18.7. The smallest absolute Gasteiger partial charge is 0.338 e. The number of nitrogens with zero attached hydrogens (tertiary/aromatic N) is 2. The number of carbonyl (C=O) groups is 1. The fourth-order valence-electron chi connectivity index (χ4n) is 3.82. The van der Waals surface area contributed by atoms with Crippen molar-refractivity contribution in [3.63, 3.8) is 0 Å². The Kier molecular flexibility index (Phi) is 6.29. The number of hydrogen-bond acceptors (Lipinski definition) is 6. The van der Waals surface area contributed by atoms with E-state index in [1.807, 2.05) is 25.1 Å². The van der Waals surface area contributed by atoms with Crippen LogP contribution in [0.4, 0.5) is 4.39 Å². The lowest BCUT2D eigenvalue weighted by Crippen LogP contribution is -2.40. The van der Waals surface area contributed by atoms with E-state index >= 15 is 0 Å². The van der Waals surface area contributed by atoms with E-state index in [-0.39, 0.29) is 18.0 Å². The second kappa shape index (κ2) is 9.15. The molecule has 2 heterocycles. The Balaban J connectivity index is 1.97. The zero-order chi connectivity index (χ0) is 23.7. The lowest BCUT2D eigenvalue weighted by atomic mass is 9.95. The predicted octanol–water partition coefficient (Wildman–Crippen LogP) is 3.25. The first kappa shape index (κ1) is 22.7. The number of aromatic nitrogens is 1. The molecular weight excluding hydrogens is 443 g/mol. The molecule has 0 N–H and O–H groups in total. The number of methoxy groups -OCH3 is 1. The number of benzene rings is 2. The number of esters is 1. The summed E-state index contributed by atoms with van der Waals surface area (Å²) in [5.41, 5.74) is 2.85. The van der Waals surface area contributed by atoms with E-state index in [0.29, 0.717) is 37.5 Å². The molecule has 0 unspecified atom stereocenters. The number of fused-ring (bicyclic) bond motifs is 1. The molecule has 2 aromatic carbocycles. The van der Waals surface area contributed by atoms with E-state index in [4.69, 9.17) is 9.47 Å². The molecule has 4 rings (SSSR count). The Morgan fingerprint density at radius 3 is 2.61 bits per heavy atom. The van der Waals surface area contributed by atoms with Crippen LogP contribution in [0.5, 0.6) is 5.75 Å². The maximum absolute atomic E-state index is 13.5. The number of rotatable bonds is 5. The standard InChI is InChI=1S/C25H23FN2O4S/c1-5-32-24(30)21-15(3)27-25-28(22(21)17-9-6-14(2)19(13-17)31-4)23(29)20(33-25)12-16-7-10-18(26)11-8-16/h6-13,22H,5H2,1-4H3/b20-12+/t22-/m0/s1. The predicted molar refractivity (Wildman–Crippen MR) is 125 cm³/mol. The lowest BCUT2D eigenvalue weighted by Gasteiger charge is -2.25. The minimum absolute atomic E-state index is 0.203. The van der Waals surface area contributed by atoms with Gasteiger partial charge in [-0.05, 0) is 61.7 Å². The van der Waals surface area contributed by atoms with Gasteiger partial charge >= 0.3 is 5.97 Å². The van der Waals surface area contributed by atoms with Gasteiger partial charge in [0, 0.05) is 0 Å². The normalized spacial score (nSPS) is 15.8. The Hall–Kier alpha value is -3.52. The van der Waals surface area contributed by atoms with Crippen LogP contribution in [0.15, 0.2) is 63.5 Å². The third-order valence-electron chi connectivity index (χ3n) is 5.43. The van der Waals surface area contributed by atoms with Gasteiger partial charge in [0.1, 0.15) is 11.6 Å². The summed E-state index contributed by atoms with van der Waals surface area (Å²) in [5.74, 6) is -0.216. The molecular formula is C25H23FN2O4S. The number of halogens is 1. The third-order valence-corrected chi connectivity index (χ3v) is 6.42. The van der Waals surface area contributed by atoms with E-state index in [0.717, 1.165) is 5.56 Å². The van der Waals surface area contributed by atoms with Crippen molar-refractivity contribution in [3.8, 4) is 5.75 Å². The molecule has 0 saturated heterocycles. The molecule has 0 spiro atoms. The SMILES string of the molecule is CCOC(=O)C1=C(C)N=c2s/c(=C/c3ccc(F)cc3)c(=O)n2[C@H]1c1ccc(C)c(OC)c1. The highest BCUT2D eigenvalue weighted by atomic mass is 32.1. The fraction of sp³-hybridized carbons (Fsp3) is 0.240. The first-order valence-corrected chi connectivity index (χ1v) is 11.3. The highest BCUT2D eigenvalue weighted by Crippen LogP contribution is 2.33. The topological polar surface area (TPSA) is 69.9 Å². The maximum atomic E-state index is 13.5. The summed E-state index contributed by atoms with van der Waals surface area (Å²) in [4.78, 5) is 31.5. The number of carbonyl (C=O) groups excluding carboxylic acids is 1. The van der Waals surface area contributed by atoms with Gasteiger partial charge in [-0.3, -0.25) is 9.36 Å². The van der Waals surface area contributed by atoms with Gasteiger partial charge in [0.05, 0.1) is 35.6 Å². The molecule has 1 atom stereocenters. The van der Waals surface area contributed by atoms with Crippen molar-refractivity contribution in [3.05, 3.63) is 95.9 Å². The van der Waals surface area contributed by atoms with Crippen molar-refractivity contribution < 1.29 is 18.7 Å². The molecule has 0 amide bonds. The first-order valence-electron chi connectivity index (χ1n) is 10.4. The average Bonchev–Trinajstić information content (AvgIpc) is 3.09. The summed E-state index contributed by atoms with van der Waals surface area (Å²) < 4.78 is 26.0. The minimum Gasteiger partial charge on any atom is -0.496 e. The monoisotopic (exact) mass is 466 g/mol. The van der Waals surface area contributed by atoms with Crippen molar-refractivity contribution in [2.45, 2.75) is 26.8 Å². The summed E-state index contributed by atoms with van der Waals surface area (Å²) in [6.07, 6.45) is 1.69. The van der Waals surface area contributed by atoms with Crippen LogP contribution in [0, 0.1) is 12.7 Å². The average molecular weight is 467 g/mol. The van der Waals surface area contributed by atoms with Crippen LogP contribution in [-0.2, 0) is 9.53 Å². The minimum atomic E-state index is -0.717. The summed E-state index contributed by atoms with van der Waals surface area (Å²) in [6, 6.07) is 10.8. The Labute approximate surface area is 193 Å². The van der Waals surface area contributed by atoms with E-state index in [9.17, 15) is 14.0 Å². The van der Waals surface area contributed by atoms with Crippen molar-refractivity contribution in [1.82, 2.24) is 4.57 Å². The first-order chi connectivity index (χ1) is 15.8. The van der Waals surface area contributed by atoms with Crippen LogP contribution in [0.1, 0.15) is 36.6 Å². The van der Waals surface area contributed by atoms with Gasteiger partial charge in [-0.15, -0.1) is 0 Å². The van der Waals surface area contributed by atoms with Crippen molar-refractivity contribution in [1.29, 1.82) is 0 Å². The van der Waals surface area contributed by atoms with Gasteiger partial charge in [0.15, 0.2) is 4.80 Å². The van der Waals surface area contributed by atoms with Crippen LogP contribution in [0.3, 0.4) is 0 Å². The summed E-state index contributed by atoms with van der Waals surface area (Å²) in [5, 5.41) is 0. The summed E-state index contributed by atoms with van der Waals surface area (Å²) in [6.45, 7) is 5.59. The molecule has 0 fully saturated rings. The number of ether oxygens (including phenoxy) is 2. The highest BCUT2D eigenvalue weighted by Gasteiger charge is 2.33. The largest absolute Gasteiger partial charge is 0.496 e. The van der Waals surface area contributed by atoms with Gasteiger partial charge in [-0.2, -0.15) is 0 Å². The van der Waals surface area contributed by atoms with Gasteiger partial charge in [0.25, 0.3) is 5.56 Å². The van der Waals surface area contributed by atoms with Gasteiger partial charge < -0.3 is 9.47 Å². The molecule has 1 aromatic heterocycles. The van der Waals surface area contributed by atoms with Crippen LogP contribution in [-0.4, -0.2) is 24.3 Å². The molecule has 0 bridgehead atoms. The summed E-state index contributed by atoms with van der Waals surface area (Å²) >= 11 is 1.22. The molecule has 3 aromatic rings. The summed E-state index contributed by atoms with van der Waals surface area (Å²) in [7, 11) is 1.58. The number of hydrogen-bond donors (Lipinski definition) is 0. The molecule has 33 heavy (non-hydrogen) atoms. The molecule has 170 valence electrons. The number of aryl methyl sites for hydroxylation is 1. The number of thiazole rings is 1. The molecule has 8 heteroatoms. The molecule has 1 aliphatic heterocycles. The molecule has 0 radical (unpaired) electrons. The van der Waals surface area contributed by atoms with E-state index < -0.39 is 12.0 Å². The molecule has 6 nitrogen and oxygen atoms in total. The maximum Gasteiger partial charge on any atom is 0.338 e. The molecule has 0 aliphatic carbocycles. The van der Waals surface area contributed by atoms with Gasteiger partial charge in [-0.1, -0.05) is 35.6 Å². The van der Waals surface area contributed by atoms with Crippen molar-refractivity contribution in [2.24, 2.45) is 4.99 Å². The molecule has 0 saturated carbocycles. The highest BCUT2D eigenvalue weighted by molar-refractivity contribution is 7.07. The van der Waals surface area contributed by atoms with Gasteiger partial charge in [0.2, 0.25) is 0 Å². The van der Waals surface area contributed by atoms with Crippen LogP contribution in [0.2, 0.25) is 0 Å². The van der Waals surface area contributed by atoms with Gasteiger partial charge in [-0.25, -0.2) is 14.2 Å². The zero-order valence-corrected chi connectivity index (χ0v) is 19.5. The second-order valence-electron chi connectivity index (χ2n) is 7.58. The lowest BCUT2D eigenvalue weighted by molar-refractivity contribution is -0.139. The van der Waals surface area contributed by atoms with Crippen molar-refractivity contribution in [2.75, 3.05) is 13.7 Å². The third kappa shape index (κ3) is 4.26. The second-order valence-corrected chi connectivity index (χ2v) is 8.59. The van der Waals surface area contributed by atoms with Crippen LogP contribution in [0.25, 0.3) is 6.08 Å². The van der Waals surface area contributed by atoms with Crippen LogP contribution >= 0.6 is 11.3 Å². The van der Waals surface area contributed by atoms with Crippen molar-refractivity contribution >= 4 is 23.4 Å². The quantitative estimate of drug-likeness (QED) is 0.542. The van der Waals surface area contributed by atoms with E-state index in [1.165, 1.54) is 28.0 Å². The molecule has 1 aliphatic rings. The Bertz CT molecular complexity index is 1430. The Morgan fingerprint density at radius 2 is 1.94 bits per heavy atom. The van der Waals surface area contributed by atoms with Crippen LogP contribution < -0.4 is 19.6 Å².